The van der Waals surface area contributed by atoms with E-state index in [4.69, 9.17) is 16.3 Å². The van der Waals surface area contributed by atoms with E-state index in [1.165, 1.54) is 18.3 Å². The van der Waals surface area contributed by atoms with E-state index in [0.29, 0.717) is 11.3 Å². The van der Waals surface area contributed by atoms with Crippen molar-refractivity contribution in [3.63, 3.8) is 0 Å². The number of fused-ring (bicyclic) bond motifs is 1. The molecule has 0 aliphatic rings. The zero-order valence-corrected chi connectivity index (χ0v) is 16.1. The maximum Gasteiger partial charge on any atom is 0.260 e. The van der Waals surface area contributed by atoms with Crippen LogP contribution < -0.4 is 10.1 Å². The van der Waals surface area contributed by atoms with E-state index in [1.807, 2.05) is 37.3 Å². The fourth-order valence-electron chi connectivity index (χ4n) is 2.87. The molecule has 0 unspecified atom stereocenters. The number of H-pyrrole nitrogens is 1. The summed E-state index contributed by atoms with van der Waals surface area (Å²) in [5.74, 6) is -1.57. The fourth-order valence-corrected chi connectivity index (χ4v) is 3.10. The van der Waals surface area contributed by atoms with Gasteiger partial charge in [0.05, 0.1) is 22.5 Å². The molecule has 0 spiro atoms. The molecule has 8 heteroatoms. The van der Waals surface area contributed by atoms with Crippen LogP contribution >= 0.6 is 11.6 Å². The van der Waals surface area contributed by atoms with Crippen molar-refractivity contribution in [2.45, 2.75) is 13.5 Å². The number of aromatic amines is 1. The van der Waals surface area contributed by atoms with Gasteiger partial charge in [0.15, 0.2) is 17.2 Å². The largest absolute Gasteiger partial charge is 0.486 e. The number of halogens is 2. The topological polar surface area (TPSA) is 79.9 Å². The molecular formula is C21H16ClFN4O2. The molecule has 1 amide bonds. The molecule has 0 saturated carbocycles. The Balaban J connectivity index is 1.57. The average Bonchev–Trinajstić information content (AvgIpc) is 3.08. The van der Waals surface area contributed by atoms with Crippen LogP contribution in [0, 0.1) is 12.7 Å². The van der Waals surface area contributed by atoms with E-state index < -0.39 is 11.7 Å². The zero-order chi connectivity index (χ0) is 20.4. The molecular weight excluding hydrogens is 395 g/mol. The molecule has 2 N–H and O–H groups in total. The first kappa shape index (κ1) is 18.9. The minimum atomic E-state index is -0.820. The molecule has 0 fully saturated rings. The standard InChI is InChI=1S/C21H16ClFN4O2/c1-12-15-9-14(10-24-20(15)27-26-12)25-21(28)18-16(22)7-8-17(19(18)23)29-11-13-5-3-2-4-6-13/h2-10H,11H2,1H3,(H,25,28)(H,24,26,27). The molecule has 4 rings (SSSR count). The molecule has 0 radical (unpaired) electrons. The van der Waals surface area contributed by atoms with Crippen LogP contribution in [0.3, 0.4) is 0 Å². The fraction of sp³-hybridized carbons (Fsp3) is 0.0952. The van der Waals surface area contributed by atoms with Crippen LogP contribution in [-0.4, -0.2) is 21.1 Å². The first-order chi connectivity index (χ1) is 14.0. The number of amides is 1. The lowest BCUT2D eigenvalue weighted by molar-refractivity contribution is 0.102. The maximum atomic E-state index is 15.0. The Kier molecular flexibility index (Phi) is 5.14. The highest BCUT2D eigenvalue weighted by Crippen LogP contribution is 2.29. The Bertz CT molecular complexity index is 1190. The van der Waals surface area contributed by atoms with E-state index in [0.717, 1.165) is 16.6 Å². The molecule has 6 nitrogen and oxygen atoms in total. The molecule has 2 aromatic heterocycles. The van der Waals surface area contributed by atoms with Gasteiger partial charge in [-0.1, -0.05) is 41.9 Å². The Morgan fingerprint density at radius 1 is 1.24 bits per heavy atom. The van der Waals surface area contributed by atoms with Gasteiger partial charge in [-0.2, -0.15) is 5.10 Å². The minimum absolute atomic E-state index is 0.0133. The van der Waals surface area contributed by atoms with Gasteiger partial charge in [-0.3, -0.25) is 9.89 Å². The van der Waals surface area contributed by atoms with Gasteiger partial charge in [0.2, 0.25) is 0 Å². The molecule has 4 aromatic rings. The van der Waals surface area contributed by atoms with Gasteiger partial charge in [-0.15, -0.1) is 0 Å². The highest BCUT2D eigenvalue weighted by molar-refractivity contribution is 6.34. The van der Waals surface area contributed by atoms with Crippen LogP contribution in [0.15, 0.2) is 54.7 Å². The van der Waals surface area contributed by atoms with Crippen molar-refractivity contribution in [2.75, 3.05) is 5.32 Å². The number of aromatic nitrogens is 3. The molecule has 29 heavy (non-hydrogen) atoms. The highest BCUT2D eigenvalue weighted by Gasteiger charge is 2.21. The molecule has 0 aliphatic heterocycles. The van der Waals surface area contributed by atoms with Crippen LogP contribution in [-0.2, 0) is 6.61 Å². The van der Waals surface area contributed by atoms with Gasteiger partial charge in [0.1, 0.15) is 6.61 Å². The second-order valence-corrected chi connectivity index (χ2v) is 6.81. The minimum Gasteiger partial charge on any atom is -0.486 e. The smallest absolute Gasteiger partial charge is 0.260 e. The van der Waals surface area contributed by atoms with Gasteiger partial charge in [0, 0.05) is 11.1 Å². The van der Waals surface area contributed by atoms with Gasteiger partial charge in [0.25, 0.3) is 5.91 Å². The van der Waals surface area contributed by atoms with Crippen molar-refractivity contribution in [3.8, 4) is 5.75 Å². The number of nitrogens with zero attached hydrogens (tertiary/aromatic N) is 2. The number of anilines is 1. The molecule has 0 bridgehead atoms. The summed E-state index contributed by atoms with van der Waals surface area (Å²) in [5, 5.41) is 10.2. The summed E-state index contributed by atoms with van der Waals surface area (Å²) in [4.78, 5) is 16.9. The lowest BCUT2D eigenvalue weighted by Crippen LogP contribution is -2.15. The van der Waals surface area contributed by atoms with E-state index >= 15 is 0 Å². The van der Waals surface area contributed by atoms with Crippen molar-refractivity contribution in [2.24, 2.45) is 0 Å². The maximum absolute atomic E-state index is 15.0. The average molecular weight is 411 g/mol. The summed E-state index contributed by atoms with van der Waals surface area (Å²) in [5.41, 5.74) is 2.33. The predicted molar refractivity (Wildman–Crippen MR) is 109 cm³/mol. The normalized spacial score (nSPS) is 10.9. The summed E-state index contributed by atoms with van der Waals surface area (Å²) in [6, 6.07) is 13.9. The van der Waals surface area contributed by atoms with Crippen LogP contribution in [0.4, 0.5) is 10.1 Å². The highest BCUT2D eigenvalue weighted by atomic mass is 35.5. The van der Waals surface area contributed by atoms with Gasteiger partial charge in [-0.25, -0.2) is 9.37 Å². The second kappa shape index (κ2) is 7.89. The third-order valence-electron chi connectivity index (χ3n) is 4.38. The second-order valence-electron chi connectivity index (χ2n) is 6.41. The van der Waals surface area contributed by atoms with Crippen molar-refractivity contribution < 1.29 is 13.9 Å². The van der Waals surface area contributed by atoms with Crippen LogP contribution in [0.1, 0.15) is 21.6 Å². The van der Waals surface area contributed by atoms with Crippen LogP contribution in [0.5, 0.6) is 5.75 Å². The Hall–Kier alpha value is -3.45. The Morgan fingerprint density at radius 2 is 2.03 bits per heavy atom. The third kappa shape index (κ3) is 3.90. The summed E-state index contributed by atoms with van der Waals surface area (Å²) in [6.45, 7) is 2.01. The van der Waals surface area contributed by atoms with Crippen molar-refractivity contribution in [1.82, 2.24) is 15.2 Å². The van der Waals surface area contributed by atoms with Crippen molar-refractivity contribution >= 4 is 34.2 Å². The number of nitrogens with one attached hydrogen (secondary N) is 2. The number of ether oxygens (including phenoxy) is 1. The lowest BCUT2D eigenvalue weighted by atomic mass is 10.1. The van der Waals surface area contributed by atoms with Crippen LogP contribution in [0.2, 0.25) is 5.02 Å². The quantitative estimate of drug-likeness (QED) is 0.491. The number of carbonyl (C=O) groups excluding carboxylic acids is 1. The number of hydrogen-bond donors (Lipinski definition) is 2. The van der Waals surface area contributed by atoms with E-state index in [-0.39, 0.29) is 22.9 Å². The zero-order valence-electron chi connectivity index (χ0n) is 15.4. The van der Waals surface area contributed by atoms with Crippen LogP contribution in [0.25, 0.3) is 11.0 Å². The molecule has 2 aromatic carbocycles. The molecule has 0 aliphatic carbocycles. The third-order valence-corrected chi connectivity index (χ3v) is 4.69. The van der Waals surface area contributed by atoms with Gasteiger partial charge in [-0.05, 0) is 30.7 Å². The molecule has 146 valence electrons. The summed E-state index contributed by atoms with van der Waals surface area (Å²) < 4.78 is 20.5. The van der Waals surface area contributed by atoms with E-state index in [9.17, 15) is 9.18 Å². The molecule has 0 saturated heterocycles. The summed E-state index contributed by atoms with van der Waals surface area (Å²) >= 11 is 6.10. The number of benzene rings is 2. The first-order valence-electron chi connectivity index (χ1n) is 8.79. The van der Waals surface area contributed by atoms with Gasteiger partial charge < -0.3 is 10.1 Å². The monoisotopic (exact) mass is 410 g/mol. The number of rotatable bonds is 5. The van der Waals surface area contributed by atoms with Gasteiger partial charge >= 0.3 is 0 Å². The molecule has 2 heterocycles. The van der Waals surface area contributed by atoms with E-state index in [1.54, 1.807) is 6.07 Å². The number of carbonyl (C=O) groups is 1. The predicted octanol–water partition coefficient (Wildman–Crippen LogP) is 4.89. The number of aryl methyl sites for hydroxylation is 1. The summed E-state index contributed by atoms with van der Waals surface area (Å²) in [7, 11) is 0. The van der Waals surface area contributed by atoms with E-state index in [2.05, 4.69) is 20.5 Å². The number of hydrogen-bond acceptors (Lipinski definition) is 4. The lowest BCUT2D eigenvalue weighted by Gasteiger charge is -2.12. The Labute approximate surface area is 170 Å². The number of pyridine rings is 1. The first-order valence-corrected chi connectivity index (χ1v) is 9.17. The molecule has 0 atom stereocenters. The summed E-state index contributed by atoms with van der Waals surface area (Å²) in [6.07, 6.45) is 1.45. The van der Waals surface area contributed by atoms with Crippen molar-refractivity contribution in [3.05, 3.63) is 82.4 Å². The SMILES string of the molecule is Cc1[nH]nc2ncc(NC(=O)c3c(Cl)ccc(OCc4ccccc4)c3F)cc12. The Morgan fingerprint density at radius 3 is 2.83 bits per heavy atom. The van der Waals surface area contributed by atoms with Crippen molar-refractivity contribution in [1.29, 1.82) is 0 Å².